The van der Waals surface area contributed by atoms with E-state index in [0.717, 1.165) is 35.2 Å². The predicted molar refractivity (Wildman–Crippen MR) is 107 cm³/mol. The van der Waals surface area contributed by atoms with Crippen molar-refractivity contribution in [2.75, 3.05) is 24.5 Å². The van der Waals surface area contributed by atoms with Crippen LogP contribution >= 0.6 is 11.3 Å². The van der Waals surface area contributed by atoms with Crippen LogP contribution in [0.1, 0.15) is 29.0 Å². The summed E-state index contributed by atoms with van der Waals surface area (Å²) in [5.41, 5.74) is 2.45. The van der Waals surface area contributed by atoms with Crippen LogP contribution < -0.4 is 10.2 Å². The molecule has 4 rings (SSSR count). The number of aromatic nitrogens is 3. The topological polar surface area (TPSA) is 71.0 Å². The molecular weight excluding hydrogens is 358 g/mol. The van der Waals surface area contributed by atoms with E-state index < -0.39 is 0 Å². The fraction of sp³-hybridized carbons (Fsp3) is 0.300. The number of nitrogens with one attached hydrogen (secondary N) is 1. The Labute approximate surface area is 162 Å². The van der Waals surface area contributed by atoms with Crippen LogP contribution in [0.4, 0.5) is 5.82 Å². The molecule has 1 fully saturated rings. The van der Waals surface area contributed by atoms with Gasteiger partial charge in [-0.15, -0.1) is 21.5 Å². The highest BCUT2D eigenvalue weighted by Crippen LogP contribution is 2.23. The average molecular weight is 379 g/mol. The lowest BCUT2D eigenvalue weighted by molar-refractivity contribution is 0.0948. The van der Waals surface area contributed by atoms with E-state index in [1.807, 2.05) is 29.6 Å². The van der Waals surface area contributed by atoms with Crippen molar-refractivity contribution >= 4 is 23.1 Å². The van der Waals surface area contributed by atoms with Gasteiger partial charge in [0.2, 0.25) is 0 Å². The quantitative estimate of drug-likeness (QED) is 0.712. The monoisotopic (exact) mass is 379 g/mol. The van der Waals surface area contributed by atoms with Gasteiger partial charge in [0.05, 0.1) is 5.69 Å². The van der Waals surface area contributed by atoms with Gasteiger partial charge in [0.25, 0.3) is 5.91 Å². The summed E-state index contributed by atoms with van der Waals surface area (Å²) in [5, 5.41) is 14.2. The summed E-state index contributed by atoms with van der Waals surface area (Å²) in [4.78, 5) is 19.1. The number of benzene rings is 1. The fourth-order valence-electron chi connectivity index (χ4n) is 3.09. The van der Waals surface area contributed by atoms with Gasteiger partial charge in [0, 0.05) is 37.0 Å². The van der Waals surface area contributed by atoms with E-state index in [4.69, 9.17) is 0 Å². The summed E-state index contributed by atoms with van der Waals surface area (Å²) in [7, 11) is 0. The van der Waals surface area contributed by atoms with Crippen molar-refractivity contribution in [3.8, 4) is 10.6 Å². The van der Waals surface area contributed by atoms with Crippen LogP contribution in [-0.4, -0.2) is 40.7 Å². The van der Waals surface area contributed by atoms with Crippen LogP contribution in [0.2, 0.25) is 0 Å². The molecular formula is C20H21N5OS. The van der Waals surface area contributed by atoms with Gasteiger partial charge < -0.3 is 10.2 Å². The van der Waals surface area contributed by atoms with Gasteiger partial charge in [0.15, 0.2) is 11.5 Å². The number of carbonyl (C=O) groups is 1. The SMILES string of the molecule is O=C(NCCc1csc(-c2ccccc2)n1)c1ccc(N2CCCC2)nn1. The molecule has 1 aromatic carbocycles. The van der Waals surface area contributed by atoms with Crippen molar-refractivity contribution < 1.29 is 4.79 Å². The van der Waals surface area contributed by atoms with Gasteiger partial charge in [-0.25, -0.2) is 4.98 Å². The summed E-state index contributed by atoms with van der Waals surface area (Å²) in [6, 6.07) is 13.7. The first-order valence-corrected chi connectivity index (χ1v) is 10.0. The molecule has 1 N–H and O–H groups in total. The minimum absolute atomic E-state index is 0.200. The van der Waals surface area contributed by atoms with Crippen molar-refractivity contribution in [1.29, 1.82) is 0 Å². The van der Waals surface area contributed by atoms with E-state index in [2.05, 4.69) is 37.5 Å². The molecule has 0 bridgehead atoms. The van der Waals surface area contributed by atoms with Crippen LogP contribution in [0.5, 0.6) is 0 Å². The molecule has 27 heavy (non-hydrogen) atoms. The van der Waals surface area contributed by atoms with Crippen LogP contribution in [0.3, 0.4) is 0 Å². The molecule has 0 aliphatic carbocycles. The van der Waals surface area contributed by atoms with E-state index in [9.17, 15) is 4.79 Å². The predicted octanol–water partition coefficient (Wildman–Crippen LogP) is 3.17. The number of thiazole rings is 1. The van der Waals surface area contributed by atoms with E-state index in [-0.39, 0.29) is 5.91 Å². The Morgan fingerprint density at radius 1 is 1.07 bits per heavy atom. The standard InChI is InChI=1S/C20H21N5OS/c26-19(17-8-9-18(24-23-17)25-12-4-5-13-25)21-11-10-16-14-27-20(22-16)15-6-2-1-3-7-15/h1-3,6-9,14H,4-5,10-13H2,(H,21,26). The Bertz CT molecular complexity index is 888. The first-order chi connectivity index (χ1) is 13.3. The number of hydrogen-bond acceptors (Lipinski definition) is 6. The number of nitrogens with zero attached hydrogens (tertiary/aromatic N) is 4. The Morgan fingerprint density at radius 3 is 2.63 bits per heavy atom. The van der Waals surface area contributed by atoms with E-state index in [1.165, 1.54) is 12.8 Å². The second kappa shape index (κ2) is 8.26. The lowest BCUT2D eigenvalue weighted by Gasteiger charge is -2.15. The third-order valence-electron chi connectivity index (χ3n) is 4.55. The fourth-order valence-corrected chi connectivity index (χ4v) is 3.95. The van der Waals surface area contributed by atoms with Gasteiger partial charge in [0.1, 0.15) is 5.01 Å². The molecule has 7 heteroatoms. The molecule has 0 spiro atoms. The Kier molecular flexibility index (Phi) is 5.39. The average Bonchev–Trinajstić information content (AvgIpc) is 3.41. The maximum Gasteiger partial charge on any atom is 0.271 e. The van der Waals surface area contributed by atoms with Crippen LogP contribution in [-0.2, 0) is 6.42 Å². The zero-order valence-corrected chi connectivity index (χ0v) is 15.8. The van der Waals surface area contributed by atoms with Gasteiger partial charge >= 0.3 is 0 Å². The molecule has 1 saturated heterocycles. The van der Waals surface area contributed by atoms with Gasteiger partial charge in [-0.3, -0.25) is 4.79 Å². The lowest BCUT2D eigenvalue weighted by atomic mass is 10.2. The largest absolute Gasteiger partial charge is 0.355 e. The van der Waals surface area contributed by atoms with Crippen molar-refractivity contribution in [2.45, 2.75) is 19.3 Å². The summed E-state index contributed by atoms with van der Waals surface area (Å²) >= 11 is 1.62. The molecule has 6 nitrogen and oxygen atoms in total. The molecule has 0 saturated carbocycles. The Hall–Kier alpha value is -2.80. The molecule has 138 valence electrons. The second-order valence-electron chi connectivity index (χ2n) is 6.49. The minimum atomic E-state index is -0.200. The van der Waals surface area contributed by atoms with Crippen molar-refractivity contribution in [1.82, 2.24) is 20.5 Å². The zero-order chi connectivity index (χ0) is 18.5. The highest BCUT2D eigenvalue weighted by atomic mass is 32.1. The smallest absolute Gasteiger partial charge is 0.271 e. The zero-order valence-electron chi connectivity index (χ0n) is 15.0. The molecule has 0 atom stereocenters. The van der Waals surface area contributed by atoms with E-state index in [1.54, 1.807) is 17.4 Å². The van der Waals surface area contributed by atoms with Crippen LogP contribution in [0.15, 0.2) is 47.8 Å². The maximum absolute atomic E-state index is 12.2. The highest BCUT2D eigenvalue weighted by Gasteiger charge is 2.15. The molecule has 0 unspecified atom stereocenters. The maximum atomic E-state index is 12.2. The van der Waals surface area contributed by atoms with Crippen LogP contribution in [0.25, 0.3) is 10.6 Å². The van der Waals surface area contributed by atoms with Gasteiger partial charge in [-0.2, -0.15) is 0 Å². The molecule has 2 aromatic heterocycles. The second-order valence-corrected chi connectivity index (χ2v) is 7.34. The first-order valence-electron chi connectivity index (χ1n) is 9.16. The number of amides is 1. The lowest BCUT2D eigenvalue weighted by Crippen LogP contribution is -2.27. The van der Waals surface area contributed by atoms with Crippen molar-refractivity contribution in [2.24, 2.45) is 0 Å². The van der Waals surface area contributed by atoms with Crippen LogP contribution in [0, 0.1) is 0 Å². The molecule has 0 radical (unpaired) electrons. The third-order valence-corrected chi connectivity index (χ3v) is 5.49. The summed E-state index contributed by atoms with van der Waals surface area (Å²) in [6.07, 6.45) is 3.06. The molecule has 1 amide bonds. The number of rotatable bonds is 6. The normalized spacial score (nSPS) is 13.7. The molecule has 1 aliphatic heterocycles. The van der Waals surface area contributed by atoms with E-state index in [0.29, 0.717) is 18.7 Å². The van der Waals surface area contributed by atoms with Crippen molar-refractivity contribution in [3.63, 3.8) is 0 Å². The Morgan fingerprint density at radius 2 is 1.89 bits per heavy atom. The first kappa shape index (κ1) is 17.6. The molecule has 3 aromatic rings. The van der Waals surface area contributed by atoms with Gasteiger partial charge in [-0.1, -0.05) is 30.3 Å². The van der Waals surface area contributed by atoms with Gasteiger partial charge in [-0.05, 0) is 25.0 Å². The number of hydrogen-bond donors (Lipinski definition) is 1. The Balaban J connectivity index is 1.29. The summed E-state index contributed by atoms with van der Waals surface area (Å²) < 4.78 is 0. The summed E-state index contributed by atoms with van der Waals surface area (Å²) in [6.45, 7) is 2.55. The minimum Gasteiger partial charge on any atom is -0.355 e. The third kappa shape index (κ3) is 4.31. The highest BCUT2D eigenvalue weighted by molar-refractivity contribution is 7.13. The molecule has 3 heterocycles. The van der Waals surface area contributed by atoms with E-state index >= 15 is 0 Å². The van der Waals surface area contributed by atoms with Crippen molar-refractivity contribution in [3.05, 3.63) is 59.2 Å². The number of anilines is 1. The number of carbonyl (C=O) groups excluding carboxylic acids is 1. The molecule has 1 aliphatic rings. The summed E-state index contributed by atoms with van der Waals surface area (Å²) in [5.74, 6) is 0.647.